The van der Waals surface area contributed by atoms with Crippen molar-refractivity contribution >= 4 is 15.7 Å². The highest BCUT2D eigenvalue weighted by atomic mass is 32.2. The minimum atomic E-state index is -3.58. The number of hydrogen-bond acceptors (Lipinski definition) is 5. The number of rotatable bonds is 5. The average molecular weight is 300 g/mol. The molecule has 3 N–H and O–H groups in total. The molecule has 0 radical (unpaired) electrons. The van der Waals surface area contributed by atoms with Crippen molar-refractivity contribution in [2.45, 2.75) is 17.7 Å². The summed E-state index contributed by atoms with van der Waals surface area (Å²) < 4.78 is 31.8. The molecule has 0 spiro atoms. The summed E-state index contributed by atoms with van der Waals surface area (Å²) in [6.07, 6.45) is 1.40. The molecule has 0 aliphatic carbocycles. The Balaban J connectivity index is 2.27. The van der Waals surface area contributed by atoms with E-state index in [9.17, 15) is 8.42 Å². The van der Waals surface area contributed by atoms with Crippen LogP contribution in [0.25, 0.3) is 0 Å². The molecule has 1 aliphatic heterocycles. The van der Waals surface area contributed by atoms with E-state index in [-0.39, 0.29) is 23.2 Å². The predicted molar refractivity (Wildman–Crippen MR) is 76.0 cm³/mol. The molecule has 0 bridgehead atoms. The molecule has 1 heterocycles. The third kappa shape index (κ3) is 2.89. The first kappa shape index (κ1) is 15.1. The number of anilines is 1. The Kier molecular flexibility index (Phi) is 4.52. The zero-order valence-electron chi connectivity index (χ0n) is 11.4. The number of aliphatic hydroxyl groups is 1. The number of methoxy groups -OCH3 is 1. The molecule has 1 aromatic rings. The van der Waals surface area contributed by atoms with Gasteiger partial charge in [0, 0.05) is 31.5 Å². The highest BCUT2D eigenvalue weighted by molar-refractivity contribution is 7.89. The highest BCUT2D eigenvalue weighted by Crippen LogP contribution is 2.32. The van der Waals surface area contributed by atoms with Gasteiger partial charge in [-0.2, -0.15) is 4.31 Å². The fourth-order valence-corrected chi connectivity index (χ4v) is 4.14. The number of ether oxygens (including phenoxy) is 1. The quantitative estimate of drug-likeness (QED) is 0.780. The predicted octanol–water partition coefficient (Wildman–Crippen LogP) is 0.670. The fourth-order valence-electron chi connectivity index (χ4n) is 2.47. The molecule has 0 amide bonds. The van der Waals surface area contributed by atoms with Crippen LogP contribution in [0.4, 0.5) is 5.69 Å². The van der Waals surface area contributed by atoms with Gasteiger partial charge in [-0.05, 0) is 30.9 Å². The van der Waals surface area contributed by atoms with Crippen LogP contribution in [-0.4, -0.2) is 44.6 Å². The molecule has 1 atom stereocenters. The molecule has 1 fully saturated rings. The Bertz CT molecular complexity index is 574. The minimum absolute atomic E-state index is 0.0870. The van der Waals surface area contributed by atoms with Gasteiger partial charge in [0.25, 0.3) is 0 Å². The molecule has 7 heteroatoms. The van der Waals surface area contributed by atoms with Crippen molar-refractivity contribution in [1.29, 1.82) is 0 Å². The SMILES string of the molecule is COc1cc(N)ccc1S(=O)(=O)N1CCC(CCO)C1. The van der Waals surface area contributed by atoms with Gasteiger partial charge in [-0.1, -0.05) is 0 Å². The van der Waals surface area contributed by atoms with E-state index >= 15 is 0 Å². The first-order chi connectivity index (χ1) is 9.48. The van der Waals surface area contributed by atoms with Crippen molar-refractivity contribution in [1.82, 2.24) is 4.31 Å². The Morgan fingerprint density at radius 3 is 2.90 bits per heavy atom. The fraction of sp³-hybridized carbons (Fsp3) is 0.538. The van der Waals surface area contributed by atoms with Gasteiger partial charge in [0.1, 0.15) is 10.6 Å². The summed E-state index contributed by atoms with van der Waals surface area (Å²) in [6, 6.07) is 4.54. The van der Waals surface area contributed by atoms with Crippen LogP contribution in [0.3, 0.4) is 0 Å². The van der Waals surface area contributed by atoms with Crippen LogP contribution in [0, 0.1) is 5.92 Å². The summed E-state index contributed by atoms with van der Waals surface area (Å²) in [5.74, 6) is 0.477. The number of benzene rings is 1. The van der Waals surface area contributed by atoms with Crippen LogP contribution in [-0.2, 0) is 10.0 Å². The second-order valence-electron chi connectivity index (χ2n) is 4.94. The Hall–Kier alpha value is -1.31. The van der Waals surface area contributed by atoms with Crippen LogP contribution in [0.5, 0.6) is 5.75 Å². The van der Waals surface area contributed by atoms with Crippen LogP contribution in [0.1, 0.15) is 12.8 Å². The number of aliphatic hydroxyl groups excluding tert-OH is 1. The minimum Gasteiger partial charge on any atom is -0.495 e. The van der Waals surface area contributed by atoms with Crippen LogP contribution in [0.2, 0.25) is 0 Å². The molecule has 6 nitrogen and oxygen atoms in total. The second-order valence-corrected chi connectivity index (χ2v) is 6.85. The van der Waals surface area contributed by atoms with Crippen molar-refractivity contribution in [3.63, 3.8) is 0 Å². The maximum atomic E-state index is 12.6. The lowest BCUT2D eigenvalue weighted by molar-refractivity contribution is 0.259. The molecular formula is C13H20N2O4S. The largest absolute Gasteiger partial charge is 0.495 e. The van der Waals surface area contributed by atoms with Gasteiger partial charge >= 0.3 is 0 Å². The van der Waals surface area contributed by atoms with Gasteiger partial charge in [-0.3, -0.25) is 0 Å². The standard InChI is InChI=1S/C13H20N2O4S/c1-19-12-8-11(14)2-3-13(12)20(17,18)15-6-4-10(9-15)5-7-16/h2-3,8,10,16H,4-7,9,14H2,1H3. The van der Waals surface area contributed by atoms with E-state index in [0.717, 1.165) is 6.42 Å². The van der Waals surface area contributed by atoms with Crippen LogP contribution >= 0.6 is 0 Å². The molecule has 2 rings (SSSR count). The van der Waals surface area contributed by atoms with Gasteiger partial charge in [-0.15, -0.1) is 0 Å². The second kappa shape index (κ2) is 5.99. The Morgan fingerprint density at radius 2 is 2.25 bits per heavy atom. The number of sulfonamides is 1. The lowest BCUT2D eigenvalue weighted by Crippen LogP contribution is -2.29. The first-order valence-electron chi connectivity index (χ1n) is 6.53. The zero-order chi connectivity index (χ0) is 14.8. The van der Waals surface area contributed by atoms with E-state index in [4.69, 9.17) is 15.6 Å². The summed E-state index contributed by atoms with van der Waals surface area (Å²) in [5, 5.41) is 8.94. The first-order valence-corrected chi connectivity index (χ1v) is 7.97. The van der Waals surface area contributed by atoms with E-state index in [2.05, 4.69) is 0 Å². The third-order valence-corrected chi connectivity index (χ3v) is 5.50. The summed E-state index contributed by atoms with van der Waals surface area (Å²) in [4.78, 5) is 0.138. The van der Waals surface area contributed by atoms with Gasteiger partial charge in [0.2, 0.25) is 10.0 Å². The molecule has 112 valence electrons. The molecule has 1 aromatic carbocycles. The van der Waals surface area contributed by atoms with Crippen molar-refractivity contribution in [3.05, 3.63) is 18.2 Å². The Labute approximate surface area is 119 Å². The van der Waals surface area contributed by atoms with Crippen LogP contribution < -0.4 is 10.5 Å². The summed E-state index contributed by atoms with van der Waals surface area (Å²) in [5.41, 5.74) is 6.10. The van der Waals surface area contributed by atoms with Crippen molar-refractivity contribution in [2.24, 2.45) is 5.92 Å². The lowest BCUT2D eigenvalue weighted by Gasteiger charge is -2.18. The number of hydrogen-bond donors (Lipinski definition) is 2. The molecule has 20 heavy (non-hydrogen) atoms. The van der Waals surface area contributed by atoms with Gasteiger partial charge in [0.05, 0.1) is 7.11 Å². The molecular weight excluding hydrogens is 280 g/mol. The summed E-state index contributed by atoms with van der Waals surface area (Å²) in [6.45, 7) is 1.00. The van der Waals surface area contributed by atoms with E-state index in [0.29, 0.717) is 25.2 Å². The lowest BCUT2D eigenvalue weighted by atomic mass is 10.1. The normalized spacial score (nSPS) is 20.2. The molecule has 0 saturated carbocycles. The smallest absolute Gasteiger partial charge is 0.246 e. The average Bonchev–Trinajstić information content (AvgIpc) is 2.88. The van der Waals surface area contributed by atoms with Crippen molar-refractivity contribution < 1.29 is 18.3 Å². The van der Waals surface area contributed by atoms with Crippen molar-refractivity contribution in [3.8, 4) is 5.75 Å². The highest BCUT2D eigenvalue weighted by Gasteiger charge is 2.33. The topological polar surface area (TPSA) is 92.9 Å². The van der Waals surface area contributed by atoms with Gasteiger partial charge in [-0.25, -0.2) is 8.42 Å². The Morgan fingerprint density at radius 1 is 1.50 bits per heavy atom. The maximum absolute atomic E-state index is 12.6. The van der Waals surface area contributed by atoms with Crippen molar-refractivity contribution in [2.75, 3.05) is 32.5 Å². The van der Waals surface area contributed by atoms with Crippen LogP contribution in [0.15, 0.2) is 23.1 Å². The molecule has 1 aliphatic rings. The third-order valence-electron chi connectivity index (χ3n) is 3.59. The number of nitrogens with zero attached hydrogens (tertiary/aromatic N) is 1. The maximum Gasteiger partial charge on any atom is 0.246 e. The van der Waals surface area contributed by atoms with E-state index < -0.39 is 10.0 Å². The van der Waals surface area contributed by atoms with Gasteiger partial charge < -0.3 is 15.6 Å². The zero-order valence-corrected chi connectivity index (χ0v) is 12.3. The van der Waals surface area contributed by atoms with E-state index in [1.165, 1.54) is 23.5 Å². The molecule has 0 aromatic heterocycles. The summed E-state index contributed by atoms with van der Waals surface area (Å²) >= 11 is 0. The van der Waals surface area contributed by atoms with E-state index in [1.807, 2.05) is 0 Å². The van der Waals surface area contributed by atoms with Gasteiger partial charge in [0.15, 0.2) is 0 Å². The summed E-state index contributed by atoms with van der Waals surface area (Å²) in [7, 11) is -2.16. The number of nitrogen functional groups attached to an aromatic ring is 1. The molecule has 1 unspecified atom stereocenters. The monoisotopic (exact) mass is 300 g/mol. The molecule has 1 saturated heterocycles. The van der Waals surface area contributed by atoms with E-state index in [1.54, 1.807) is 6.07 Å². The number of nitrogens with two attached hydrogens (primary N) is 1.